The molecule has 0 N–H and O–H groups in total. The van der Waals surface area contributed by atoms with Crippen LogP contribution in [-0.2, 0) is 6.54 Å². The van der Waals surface area contributed by atoms with Crippen LogP contribution in [0.3, 0.4) is 0 Å². The zero-order valence-corrected chi connectivity index (χ0v) is 17.4. The lowest BCUT2D eigenvalue weighted by atomic mass is 10.1. The summed E-state index contributed by atoms with van der Waals surface area (Å²) in [5, 5.41) is 25.1. The summed E-state index contributed by atoms with van der Waals surface area (Å²) in [6.45, 7) is 2.36. The van der Waals surface area contributed by atoms with Gasteiger partial charge < -0.3 is 4.74 Å². The Labute approximate surface area is 186 Å². The molecule has 0 fully saturated rings. The molecule has 5 rings (SSSR count). The fourth-order valence-corrected chi connectivity index (χ4v) is 3.41. The number of pyridine rings is 1. The second-order valence-electron chi connectivity index (χ2n) is 7.26. The van der Waals surface area contributed by atoms with E-state index in [1.165, 1.54) is 24.5 Å². The maximum atomic E-state index is 13.9. The molecule has 5 aromatic rings. The molecule has 0 bridgehead atoms. The SMILES string of the molecule is C[C@@H](Cn1cnnn1)Oc1cccc(-c2ccc3ncc(-c4cc(F)ccc4C#N)n3n2)n1. The van der Waals surface area contributed by atoms with E-state index in [4.69, 9.17) is 4.74 Å². The van der Waals surface area contributed by atoms with Crippen LogP contribution < -0.4 is 4.74 Å². The van der Waals surface area contributed by atoms with Crippen molar-refractivity contribution in [1.29, 1.82) is 5.26 Å². The number of fused-ring (bicyclic) bond motifs is 1. The number of rotatable bonds is 6. The first-order chi connectivity index (χ1) is 16.1. The van der Waals surface area contributed by atoms with Gasteiger partial charge in [-0.05, 0) is 53.7 Å². The largest absolute Gasteiger partial charge is 0.473 e. The number of tetrazole rings is 1. The van der Waals surface area contributed by atoms with E-state index in [0.717, 1.165) is 0 Å². The molecule has 4 aromatic heterocycles. The molecule has 0 aliphatic rings. The zero-order valence-electron chi connectivity index (χ0n) is 17.4. The Morgan fingerprint density at radius 1 is 1.15 bits per heavy atom. The van der Waals surface area contributed by atoms with Crippen molar-refractivity contribution in [2.75, 3.05) is 0 Å². The molecule has 1 aromatic carbocycles. The van der Waals surface area contributed by atoms with Crippen LogP contribution in [0.25, 0.3) is 28.3 Å². The fourth-order valence-electron chi connectivity index (χ4n) is 3.41. The van der Waals surface area contributed by atoms with Gasteiger partial charge in [0.15, 0.2) is 5.65 Å². The van der Waals surface area contributed by atoms with Crippen LogP contribution in [0, 0.1) is 17.1 Å². The standard InChI is InChI=1S/C22H16FN9O/c1-14(12-31-13-26-29-30-31)33-22-4-2-3-18(27-22)19-7-8-21-25-11-20(32(21)28-19)17-9-16(23)6-5-15(17)10-24/h2-9,11,13-14H,12H2,1H3/t14-/m0/s1. The van der Waals surface area contributed by atoms with E-state index < -0.39 is 5.82 Å². The maximum Gasteiger partial charge on any atom is 0.214 e. The summed E-state index contributed by atoms with van der Waals surface area (Å²) in [4.78, 5) is 8.89. The highest BCUT2D eigenvalue weighted by molar-refractivity contribution is 5.70. The number of benzene rings is 1. The van der Waals surface area contributed by atoms with E-state index >= 15 is 0 Å². The van der Waals surface area contributed by atoms with Crippen LogP contribution in [0.4, 0.5) is 4.39 Å². The van der Waals surface area contributed by atoms with E-state index in [1.807, 2.05) is 19.1 Å². The van der Waals surface area contributed by atoms with Crippen molar-refractivity contribution < 1.29 is 9.13 Å². The molecule has 0 radical (unpaired) electrons. The van der Waals surface area contributed by atoms with Crippen LogP contribution in [-0.4, -0.2) is 45.9 Å². The number of halogens is 1. The monoisotopic (exact) mass is 441 g/mol. The van der Waals surface area contributed by atoms with Crippen molar-refractivity contribution in [1.82, 2.24) is 39.8 Å². The first kappa shape index (κ1) is 20.2. The lowest BCUT2D eigenvalue weighted by molar-refractivity contribution is 0.185. The summed E-state index contributed by atoms with van der Waals surface area (Å²) in [6.07, 6.45) is 2.86. The molecule has 4 heterocycles. The van der Waals surface area contributed by atoms with Gasteiger partial charge in [-0.15, -0.1) is 5.10 Å². The third-order valence-electron chi connectivity index (χ3n) is 4.88. The molecule has 0 unspecified atom stereocenters. The minimum Gasteiger partial charge on any atom is -0.473 e. The number of ether oxygens (including phenoxy) is 1. The van der Waals surface area contributed by atoms with Crippen molar-refractivity contribution >= 4 is 5.65 Å². The number of imidazole rings is 1. The van der Waals surface area contributed by atoms with Gasteiger partial charge in [0.2, 0.25) is 5.88 Å². The van der Waals surface area contributed by atoms with Gasteiger partial charge in [0.05, 0.1) is 35.8 Å². The molecule has 33 heavy (non-hydrogen) atoms. The van der Waals surface area contributed by atoms with E-state index in [9.17, 15) is 9.65 Å². The third-order valence-corrected chi connectivity index (χ3v) is 4.88. The topological polar surface area (TPSA) is 120 Å². The van der Waals surface area contributed by atoms with Gasteiger partial charge in [-0.1, -0.05) is 6.07 Å². The van der Waals surface area contributed by atoms with Gasteiger partial charge in [0.1, 0.15) is 23.9 Å². The molecule has 0 saturated heterocycles. The molecular formula is C22H16FN9O. The molecule has 0 aliphatic heterocycles. The molecular weight excluding hydrogens is 425 g/mol. The molecule has 162 valence electrons. The number of aromatic nitrogens is 8. The van der Waals surface area contributed by atoms with Crippen molar-refractivity contribution in [3.8, 4) is 34.6 Å². The van der Waals surface area contributed by atoms with Crippen LogP contribution in [0.15, 0.2) is 61.1 Å². The summed E-state index contributed by atoms with van der Waals surface area (Å²) in [7, 11) is 0. The van der Waals surface area contributed by atoms with Gasteiger partial charge in [-0.2, -0.15) is 10.4 Å². The molecule has 0 spiro atoms. The lowest BCUT2D eigenvalue weighted by Crippen LogP contribution is -2.20. The van der Waals surface area contributed by atoms with Crippen LogP contribution >= 0.6 is 0 Å². The fraction of sp³-hybridized carbons (Fsp3) is 0.136. The summed E-state index contributed by atoms with van der Waals surface area (Å²) >= 11 is 0. The quantitative estimate of drug-likeness (QED) is 0.394. The van der Waals surface area contributed by atoms with Crippen molar-refractivity contribution in [2.24, 2.45) is 0 Å². The van der Waals surface area contributed by atoms with Gasteiger partial charge >= 0.3 is 0 Å². The van der Waals surface area contributed by atoms with E-state index in [1.54, 1.807) is 33.6 Å². The molecule has 0 amide bonds. The number of nitrogens with zero attached hydrogens (tertiary/aromatic N) is 9. The highest BCUT2D eigenvalue weighted by Gasteiger charge is 2.15. The normalized spacial score (nSPS) is 11.9. The number of nitriles is 1. The van der Waals surface area contributed by atoms with Crippen LogP contribution in [0.5, 0.6) is 5.88 Å². The highest BCUT2D eigenvalue weighted by Crippen LogP contribution is 2.26. The van der Waals surface area contributed by atoms with Gasteiger partial charge in [-0.3, -0.25) is 0 Å². The summed E-state index contributed by atoms with van der Waals surface area (Å²) in [6, 6.07) is 15.0. The van der Waals surface area contributed by atoms with Gasteiger partial charge in [-0.25, -0.2) is 23.6 Å². The maximum absolute atomic E-state index is 13.9. The van der Waals surface area contributed by atoms with Crippen molar-refractivity contribution in [3.63, 3.8) is 0 Å². The molecule has 0 aliphatic carbocycles. The number of hydrogen-bond donors (Lipinski definition) is 0. The smallest absolute Gasteiger partial charge is 0.214 e. The summed E-state index contributed by atoms with van der Waals surface area (Å²) < 4.78 is 22.9. The molecule has 0 saturated carbocycles. The van der Waals surface area contributed by atoms with Crippen LogP contribution in [0.1, 0.15) is 12.5 Å². The predicted octanol–water partition coefficient (Wildman–Crippen LogP) is 2.92. The van der Waals surface area contributed by atoms with E-state index in [-0.39, 0.29) is 6.10 Å². The minimum absolute atomic E-state index is 0.218. The molecule has 1 atom stereocenters. The van der Waals surface area contributed by atoms with Crippen molar-refractivity contribution in [2.45, 2.75) is 19.6 Å². The Hall–Kier alpha value is -4.72. The Balaban J connectivity index is 1.48. The van der Waals surface area contributed by atoms with Gasteiger partial charge in [0.25, 0.3) is 0 Å². The summed E-state index contributed by atoms with van der Waals surface area (Å²) in [5.41, 5.74) is 2.96. The van der Waals surface area contributed by atoms with Gasteiger partial charge in [0, 0.05) is 11.6 Å². The Kier molecular flexibility index (Phi) is 5.16. The lowest BCUT2D eigenvalue weighted by Gasteiger charge is -2.13. The van der Waals surface area contributed by atoms with Crippen molar-refractivity contribution in [3.05, 3.63) is 72.4 Å². The number of hydrogen-bond acceptors (Lipinski definition) is 8. The zero-order chi connectivity index (χ0) is 22.8. The minimum atomic E-state index is -0.447. The highest BCUT2D eigenvalue weighted by atomic mass is 19.1. The van der Waals surface area contributed by atoms with E-state index in [2.05, 4.69) is 36.7 Å². The third kappa shape index (κ3) is 4.09. The van der Waals surface area contributed by atoms with Crippen LogP contribution in [0.2, 0.25) is 0 Å². The Bertz CT molecular complexity index is 1470. The Morgan fingerprint density at radius 2 is 2.06 bits per heavy atom. The summed E-state index contributed by atoms with van der Waals surface area (Å²) in [5.74, 6) is -0.0184. The first-order valence-electron chi connectivity index (χ1n) is 10.0. The van der Waals surface area contributed by atoms with E-state index in [0.29, 0.717) is 46.3 Å². The average molecular weight is 441 g/mol. The second kappa shape index (κ2) is 8.43. The second-order valence-corrected chi connectivity index (χ2v) is 7.26. The average Bonchev–Trinajstić information content (AvgIpc) is 3.48. The predicted molar refractivity (Wildman–Crippen MR) is 114 cm³/mol. The first-order valence-corrected chi connectivity index (χ1v) is 10.0. The molecule has 11 heteroatoms. The Morgan fingerprint density at radius 3 is 2.88 bits per heavy atom. The molecule has 10 nitrogen and oxygen atoms in total.